The molecule has 159 valence electrons. The summed E-state index contributed by atoms with van der Waals surface area (Å²) in [5, 5.41) is 2.72. The molecule has 1 fully saturated rings. The van der Waals surface area contributed by atoms with Crippen molar-refractivity contribution in [2.45, 2.75) is 52.1 Å². The molecule has 0 aromatic heterocycles. The topological polar surface area (TPSA) is 87.9 Å². The molecule has 8 heteroatoms. The van der Waals surface area contributed by atoms with Crippen molar-refractivity contribution in [2.24, 2.45) is 0 Å². The summed E-state index contributed by atoms with van der Waals surface area (Å²) in [6.45, 7) is 10.1. The Morgan fingerprint density at radius 3 is 2.70 bits per heavy atom. The van der Waals surface area contributed by atoms with Gasteiger partial charge in [-0.15, -0.1) is 0 Å². The molecule has 0 aliphatic carbocycles. The third kappa shape index (κ3) is 4.52. The number of carbonyl (C=O) groups excluding carboxylic acids is 2. The summed E-state index contributed by atoms with van der Waals surface area (Å²) in [7, 11) is 5.76. The van der Waals surface area contributed by atoms with Gasteiger partial charge in [-0.25, -0.2) is 0 Å². The van der Waals surface area contributed by atoms with Crippen LogP contribution >= 0.6 is 0 Å². The number of nitrogens with one attached hydrogen (secondary N) is 1. The second-order valence-corrected chi connectivity index (χ2v) is 7.86. The van der Waals surface area contributed by atoms with Gasteiger partial charge in [0.25, 0.3) is 0 Å². The quantitative estimate of drug-likeness (QED) is 0.504. The number of hydrogen-bond donors (Lipinski definition) is 2. The number of piperidine rings is 1. The zero-order valence-electron chi connectivity index (χ0n) is 17.9. The fourth-order valence-electron chi connectivity index (χ4n) is 4.09. The molecule has 2 aliphatic rings. The standard InChI is InChI=1S/C22H30BN4O3/c1-4-8-26(9-5-2)21(28)13-30-19-11-15(24)10-16-14(3)27(12-17(16)19)18-6-7-20(23)25-22(18)29/h10-11,18H,3-9,12-13,24H2,1-2H3,(H,25,29). The van der Waals surface area contributed by atoms with Gasteiger partial charge in [0.1, 0.15) is 0 Å². The van der Waals surface area contributed by atoms with Crippen LogP contribution in [0.3, 0.4) is 0 Å². The maximum atomic E-state index is 12.6. The number of ether oxygens (including phenoxy) is 1. The van der Waals surface area contributed by atoms with Gasteiger partial charge in [0.2, 0.25) is 0 Å². The van der Waals surface area contributed by atoms with Crippen LogP contribution in [0.15, 0.2) is 18.7 Å². The molecule has 1 aromatic carbocycles. The van der Waals surface area contributed by atoms with Crippen molar-refractivity contribution in [1.82, 2.24) is 15.1 Å². The minimum atomic E-state index is -0.350. The molecule has 3 N–H and O–H groups in total. The fourth-order valence-corrected chi connectivity index (χ4v) is 4.09. The van der Waals surface area contributed by atoms with E-state index in [1.807, 2.05) is 15.9 Å². The Kier molecular flexibility index (Phi) is 6.85. The van der Waals surface area contributed by atoms with Crippen LogP contribution in [0.4, 0.5) is 5.69 Å². The van der Waals surface area contributed by atoms with Crippen LogP contribution in [0.2, 0.25) is 0 Å². The van der Waals surface area contributed by atoms with Crippen LogP contribution in [-0.4, -0.2) is 60.4 Å². The maximum absolute atomic E-state index is 12.6. The van der Waals surface area contributed by atoms with Crippen LogP contribution in [0.1, 0.15) is 50.7 Å². The number of nitrogens with zero attached hydrogens (tertiary/aromatic N) is 2. The molecule has 1 saturated heterocycles. The second kappa shape index (κ2) is 9.37. The number of nitrogens with two attached hydrogens (primary N) is 1. The molecular weight excluding hydrogens is 379 g/mol. The average Bonchev–Trinajstić information content (AvgIpc) is 3.02. The van der Waals surface area contributed by atoms with Crippen LogP contribution in [0.25, 0.3) is 5.70 Å². The minimum absolute atomic E-state index is 0.0405. The number of fused-ring (bicyclic) bond motifs is 1. The van der Waals surface area contributed by atoms with Gasteiger partial charge in [-0.05, 0) is 12.8 Å². The summed E-state index contributed by atoms with van der Waals surface area (Å²) in [6, 6.07) is 3.23. The van der Waals surface area contributed by atoms with Crippen LogP contribution < -0.4 is 15.8 Å². The van der Waals surface area contributed by atoms with Gasteiger partial charge < -0.3 is 0 Å². The number of nitrogen functional groups attached to an aromatic ring is 1. The van der Waals surface area contributed by atoms with E-state index in [0.29, 0.717) is 49.5 Å². The zero-order chi connectivity index (χ0) is 21.8. The van der Waals surface area contributed by atoms with Crippen LogP contribution in [0.5, 0.6) is 5.75 Å². The summed E-state index contributed by atoms with van der Waals surface area (Å²) < 4.78 is 5.93. The Bertz CT molecular complexity index is 864. The number of anilines is 1. The first kappa shape index (κ1) is 21.9. The van der Waals surface area contributed by atoms with Gasteiger partial charge in [0.05, 0.1) is 0 Å². The molecule has 7 nitrogen and oxygen atoms in total. The number of amides is 2. The van der Waals surface area contributed by atoms with Gasteiger partial charge in [-0.2, -0.15) is 0 Å². The molecule has 30 heavy (non-hydrogen) atoms. The molecule has 1 unspecified atom stereocenters. The molecule has 1 aromatic rings. The predicted octanol–water partition coefficient (Wildman–Crippen LogP) is 1.66. The molecule has 1 atom stereocenters. The van der Waals surface area contributed by atoms with E-state index in [1.165, 1.54) is 0 Å². The summed E-state index contributed by atoms with van der Waals surface area (Å²) in [4.78, 5) is 28.8. The van der Waals surface area contributed by atoms with Crippen molar-refractivity contribution in [3.8, 4) is 5.75 Å². The molecule has 1 radical (unpaired) electrons. The normalized spacial score (nSPS) is 18.2. The molecule has 0 bridgehead atoms. The van der Waals surface area contributed by atoms with E-state index in [9.17, 15) is 9.59 Å². The van der Waals surface area contributed by atoms with Gasteiger partial charge in [-0.1, -0.05) is 13.8 Å². The summed E-state index contributed by atoms with van der Waals surface area (Å²) >= 11 is 0. The molecule has 3 rings (SSSR count). The molecule has 2 amide bonds. The van der Waals surface area contributed by atoms with Gasteiger partial charge in [-0.3, -0.25) is 0 Å². The number of carbonyl (C=O) groups is 2. The monoisotopic (exact) mass is 409 g/mol. The number of benzene rings is 1. The third-order valence-electron chi connectivity index (χ3n) is 5.56. The number of rotatable bonds is 8. The Hall–Kier alpha value is -2.77. The first-order valence-corrected chi connectivity index (χ1v) is 10.6. The summed E-state index contributed by atoms with van der Waals surface area (Å²) in [5.41, 5.74) is 9.60. The molecular formula is C22H30BN4O3. The van der Waals surface area contributed by atoms with Crippen molar-refractivity contribution in [3.05, 3.63) is 29.8 Å². The van der Waals surface area contributed by atoms with E-state index in [0.717, 1.165) is 29.7 Å². The van der Waals surface area contributed by atoms with Gasteiger partial charge >= 0.3 is 139 Å². The second-order valence-electron chi connectivity index (χ2n) is 7.86. The van der Waals surface area contributed by atoms with E-state index in [2.05, 4.69) is 25.7 Å². The fraction of sp³-hybridized carbons (Fsp3) is 0.500. The third-order valence-corrected chi connectivity index (χ3v) is 5.56. The van der Waals surface area contributed by atoms with E-state index in [-0.39, 0.29) is 24.5 Å². The molecule has 2 aliphatic heterocycles. The predicted molar refractivity (Wildman–Crippen MR) is 120 cm³/mol. The summed E-state index contributed by atoms with van der Waals surface area (Å²) in [6.07, 6.45) is 3.05. The Labute approximate surface area is 179 Å². The Balaban J connectivity index is 1.77. The van der Waals surface area contributed by atoms with Crippen molar-refractivity contribution in [1.29, 1.82) is 0 Å². The first-order chi connectivity index (χ1) is 14.3. The van der Waals surface area contributed by atoms with Crippen molar-refractivity contribution in [3.63, 3.8) is 0 Å². The van der Waals surface area contributed by atoms with Crippen LogP contribution in [0, 0.1) is 0 Å². The average molecular weight is 409 g/mol. The van der Waals surface area contributed by atoms with Crippen molar-refractivity contribution in [2.75, 3.05) is 25.4 Å². The Morgan fingerprint density at radius 1 is 1.37 bits per heavy atom. The summed E-state index contributed by atoms with van der Waals surface area (Å²) in [5.74, 6) is 0.395. The van der Waals surface area contributed by atoms with Crippen LogP contribution in [-0.2, 0) is 16.1 Å². The van der Waals surface area contributed by atoms with E-state index < -0.39 is 0 Å². The molecule has 0 spiro atoms. The zero-order valence-corrected chi connectivity index (χ0v) is 17.9. The van der Waals surface area contributed by atoms with E-state index in [4.69, 9.17) is 18.0 Å². The van der Waals surface area contributed by atoms with E-state index in [1.54, 1.807) is 6.07 Å². The number of hydrogen-bond acceptors (Lipinski definition) is 5. The van der Waals surface area contributed by atoms with Crippen molar-refractivity contribution >= 4 is 36.3 Å². The van der Waals surface area contributed by atoms with E-state index >= 15 is 0 Å². The molecule has 2 heterocycles. The Morgan fingerprint density at radius 2 is 2.07 bits per heavy atom. The van der Waals surface area contributed by atoms with Gasteiger partial charge in [0.15, 0.2) is 0 Å². The van der Waals surface area contributed by atoms with Gasteiger partial charge in [0, 0.05) is 13.1 Å². The SMILES string of the molecule is [B]=C1CCC(N2Cc3c(OCC(=O)N(CCC)CCC)cc(N)cc3C2=C)C(=O)N1. The van der Waals surface area contributed by atoms with Crippen molar-refractivity contribution < 1.29 is 14.3 Å². The first-order valence-electron chi connectivity index (χ1n) is 10.6. The molecule has 0 saturated carbocycles.